The van der Waals surface area contributed by atoms with E-state index in [1.807, 2.05) is 60.0 Å². The highest BCUT2D eigenvalue weighted by molar-refractivity contribution is 6.33. The van der Waals surface area contributed by atoms with Crippen LogP contribution in [-0.4, -0.2) is 45.3 Å². The van der Waals surface area contributed by atoms with Crippen LogP contribution in [0.15, 0.2) is 48.9 Å². The lowest BCUT2D eigenvalue weighted by molar-refractivity contribution is 0.0949. The van der Waals surface area contributed by atoms with Crippen LogP contribution in [0.25, 0.3) is 5.69 Å². The first-order valence-electron chi connectivity index (χ1n) is 9.27. The first-order valence-corrected chi connectivity index (χ1v) is 9.64. The minimum Gasteiger partial charge on any atom is -0.350 e. The molecule has 8 heteroatoms. The number of hydrogen-bond donors (Lipinski definition) is 1. The predicted molar refractivity (Wildman–Crippen MR) is 110 cm³/mol. The van der Waals surface area contributed by atoms with Crippen molar-refractivity contribution in [2.24, 2.45) is 0 Å². The Balaban J connectivity index is 1.60. The van der Waals surface area contributed by atoms with Crippen molar-refractivity contribution in [2.45, 2.75) is 20.3 Å². The summed E-state index contributed by atoms with van der Waals surface area (Å²) in [5, 5.41) is 7.47. The van der Waals surface area contributed by atoms with Gasteiger partial charge in [-0.3, -0.25) is 4.79 Å². The molecule has 1 N–H and O–H groups in total. The van der Waals surface area contributed by atoms with Crippen molar-refractivity contribution in [2.75, 3.05) is 24.5 Å². The van der Waals surface area contributed by atoms with Crippen molar-refractivity contribution < 1.29 is 4.79 Å². The number of anilines is 1. The number of benzene rings is 1. The molecule has 3 rings (SSSR count). The Bertz CT molecular complexity index is 923. The third kappa shape index (κ3) is 4.67. The SMILES string of the molecule is CCN(CC)c1ncc(Cl)c(C(=O)NCCc2cnn(-c3ccccc3)c2)n1. The van der Waals surface area contributed by atoms with Crippen LogP contribution in [0.2, 0.25) is 5.02 Å². The molecule has 2 heterocycles. The molecule has 0 unspecified atom stereocenters. The summed E-state index contributed by atoms with van der Waals surface area (Å²) in [6, 6.07) is 9.88. The first kappa shape index (κ1) is 19.8. The smallest absolute Gasteiger partial charge is 0.271 e. The number of carbonyl (C=O) groups is 1. The average molecular weight is 399 g/mol. The van der Waals surface area contributed by atoms with Gasteiger partial charge in [0.25, 0.3) is 5.91 Å². The van der Waals surface area contributed by atoms with E-state index in [0.717, 1.165) is 24.3 Å². The highest BCUT2D eigenvalue weighted by Gasteiger charge is 2.16. The molecule has 0 radical (unpaired) electrons. The maximum Gasteiger partial charge on any atom is 0.271 e. The maximum atomic E-state index is 12.5. The fraction of sp³-hybridized carbons (Fsp3) is 0.300. The van der Waals surface area contributed by atoms with Gasteiger partial charge >= 0.3 is 0 Å². The highest BCUT2D eigenvalue weighted by atomic mass is 35.5. The lowest BCUT2D eigenvalue weighted by Crippen LogP contribution is -2.29. The highest BCUT2D eigenvalue weighted by Crippen LogP contribution is 2.16. The summed E-state index contributed by atoms with van der Waals surface area (Å²) in [6.07, 6.45) is 5.89. The summed E-state index contributed by atoms with van der Waals surface area (Å²) in [4.78, 5) is 23.0. The van der Waals surface area contributed by atoms with E-state index in [9.17, 15) is 4.79 Å². The average Bonchev–Trinajstić information content (AvgIpc) is 3.19. The predicted octanol–water partition coefficient (Wildman–Crippen LogP) is 3.13. The van der Waals surface area contributed by atoms with Crippen molar-refractivity contribution >= 4 is 23.5 Å². The van der Waals surface area contributed by atoms with Crippen molar-refractivity contribution in [3.8, 4) is 5.69 Å². The normalized spacial score (nSPS) is 10.7. The van der Waals surface area contributed by atoms with Gasteiger partial charge in [-0.05, 0) is 38.0 Å². The Morgan fingerprint density at radius 1 is 1.18 bits per heavy atom. The van der Waals surface area contributed by atoms with Gasteiger partial charge in [0.15, 0.2) is 5.69 Å². The molecule has 0 aliphatic carbocycles. The van der Waals surface area contributed by atoms with Gasteiger partial charge in [0.1, 0.15) is 0 Å². The number of para-hydroxylation sites is 1. The van der Waals surface area contributed by atoms with Gasteiger partial charge in [-0.1, -0.05) is 29.8 Å². The molecule has 1 amide bonds. The minimum absolute atomic E-state index is 0.193. The Hall–Kier alpha value is -2.93. The lowest BCUT2D eigenvalue weighted by Gasteiger charge is -2.18. The molecule has 2 aromatic heterocycles. The number of aromatic nitrogens is 4. The molecule has 0 fully saturated rings. The number of nitrogens with one attached hydrogen (secondary N) is 1. The summed E-state index contributed by atoms with van der Waals surface area (Å²) < 4.78 is 1.81. The number of carbonyl (C=O) groups excluding carboxylic acids is 1. The molecule has 0 spiro atoms. The van der Waals surface area contributed by atoms with E-state index in [2.05, 4.69) is 20.4 Å². The lowest BCUT2D eigenvalue weighted by atomic mass is 10.2. The number of hydrogen-bond acceptors (Lipinski definition) is 5. The Kier molecular flexibility index (Phi) is 6.60. The van der Waals surface area contributed by atoms with Gasteiger partial charge < -0.3 is 10.2 Å². The van der Waals surface area contributed by atoms with E-state index in [1.165, 1.54) is 6.20 Å². The quantitative estimate of drug-likeness (QED) is 0.630. The maximum absolute atomic E-state index is 12.5. The van der Waals surface area contributed by atoms with E-state index in [-0.39, 0.29) is 16.6 Å². The monoisotopic (exact) mass is 398 g/mol. The zero-order valence-corrected chi connectivity index (χ0v) is 16.7. The Labute approximate surface area is 169 Å². The molecule has 146 valence electrons. The van der Waals surface area contributed by atoms with Crippen LogP contribution in [0.3, 0.4) is 0 Å². The van der Waals surface area contributed by atoms with Gasteiger partial charge in [-0.2, -0.15) is 5.10 Å². The third-order valence-electron chi connectivity index (χ3n) is 4.35. The molecule has 28 heavy (non-hydrogen) atoms. The van der Waals surface area contributed by atoms with Gasteiger partial charge in [-0.25, -0.2) is 14.6 Å². The number of halogens is 1. The standard InChI is InChI=1S/C20H23ClN6O/c1-3-26(4-2)20-23-13-17(21)18(25-20)19(28)22-11-10-15-12-24-27(14-15)16-8-6-5-7-9-16/h5-9,12-14H,3-4,10-11H2,1-2H3,(H,22,28). The summed E-state index contributed by atoms with van der Waals surface area (Å²) in [5.41, 5.74) is 2.22. The van der Waals surface area contributed by atoms with Crippen molar-refractivity contribution in [3.05, 3.63) is 65.2 Å². The second kappa shape index (κ2) is 9.32. The van der Waals surface area contributed by atoms with Crippen LogP contribution in [0.1, 0.15) is 29.9 Å². The topological polar surface area (TPSA) is 75.9 Å². The zero-order chi connectivity index (χ0) is 19.9. The number of amides is 1. The van der Waals surface area contributed by atoms with Gasteiger partial charge in [0.05, 0.1) is 23.1 Å². The van der Waals surface area contributed by atoms with Gasteiger partial charge in [0.2, 0.25) is 5.95 Å². The Morgan fingerprint density at radius 2 is 1.93 bits per heavy atom. The summed E-state index contributed by atoms with van der Waals surface area (Å²) in [7, 11) is 0. The molecule has 3 aromatic rings. The fourth-order valence-electron chi connectivity index (χ4n) is 2.79. The molecule has 0 saturated heterocycles. The molecule has 7 nitrogen and oxygen atoms in total. The number of rotatable bonds is 8. The Morgan fingerprint density at radius 3 is 2.64 bits per heavy atom. The molecule has 1 aromatic carbocycles. The number of nitrogens with zero attached hydrogens (tertiary/aromatic N) is 5. The van der Waals surface area contributed by atoms with Crippen LogP contribution in [0.5, 0.6) is 0 Å². The van der Waals surface area contributed by atoms with Crippen molar-refractivity contribution in [1.82, 2.24) is 25.1 Å². The van der Waals surface area contributed by atoms with Crippen molar-refractivity contribution in [3.63, 3.8) is 0 Å². The zero-order valence-electron chi connectivity index (χ0n) is 16.0. The van der Waals surface area contributed by atoms with Gasteiger partial charge in [0, 0.05) is 25.8 Å². The second-order valence-electron chi connectivity index (χ2n) is 6.17. The molecule has 0 saturated carbocycles. The van der Waals surface area contributed by atoms with E-state index in [1.54, 1.807) is 6.20 Å². The van der Waals surface area contributed by atoms with Crippen LogP contribution >= 0.6 is 11.6 Å². The summed E-state index contributed by atoms with van der Waals surface area (Å²) in [5.74, 6) is 0.194. The molecule has 0 bridgehead atoms. The van der Waals surface area contributed by atoms with E-state index >= 15 is 0 Å². The summed E-state index contributed by atoms with van der Waals surface area (Å²) in [6.45, 7) is 5.99. The second-order valence-corrected chi connectivity index (χ2v) is 6.58. The van der Waals surface area contributed by atoms with Gasteiger partial charge in [-0.15, -0.1) is 0 Å². The van der Waals surface area contributed by atoms with Crippen LogP contribution in [0, 0.1) is 0 Å². The van der Waals surface area contributed by atoms with Crippen LogP contribution < -0.4 is 10.2 Å². The molecule has 0 atom stereocenters. The summed E-state index contributed by atoms with van der Waals surface area (Å²) >= 11 is 6.13. The van der Waals surface area contributed by atoms with E-state index in [4.69, 9.17) is 11.6 Å². The van der Waals surface area contributed by atoms with Crippen LogP contribution in [0.4, 0.5) is 5.95 Å². The molecular weight excluding hydrogens is 376 g/mol. The third-order valence-corrected chi connectivity index (χ3v) is 4.63. The molecule has 0 aliphatic rings. The largest absolute Gasteiger partial charge is 0.350 e. The molecular formula is C20H23ClN6O. The van der Waals surface area contributed by atoms with E-state index in [0.29, 0.717) is 18.9 Å². The fourth-order valence-corrected chi connectivity index (χ4v) is 2.97. The van der Waals surface area contributed by atoms with E-state index < -0.39 is 0 Å². The first-order chi connectivity index (χ1) is 13.6. The van der Waals surface area contributed by atoms with Crippen molar-refractivity contribution in [1.29, 1.82) is 0 Å². The minimum atomic E-state index is -0.309. The molecule has 0 aliphatic heterocycles. The van der Waals surface area contributed by atoms with Crippen LogP contribution in [-0.2, 0) is 6.42 Å².